The Balaban J connectivity index is 1.31. The summed E-state index contributed by atoms with van der Waals surface area (Å²) in [7, 11) is -3.65. The van der Waals surface area contributed by atoms with Crippen molar-refractivity contribution >= 4 is 45.1 Å². The Bertz CT molecular complexity index is 1320. The number of fused-ring (bicyclic) bond motifs is 1. The molecule has 1 saturated carbocycles. The van der Waals surface area contributed by atoms with E-state index < -0.39 is 10.0 Å². The zero-order chi connectivity index (χ0) is 23.0. The highest BCUT2D eigenvalue weighted by Gasteiger charge is 2.31. The summed E-state index contributed by atoms with van der Waals surface area (Å²) in [6.07, 6.45) is 8.02. The Labute approximate surface area is 196 Å². The summed E-state index contributed by atoms with van der Waals surface area (Å²) in [6, 6.07) is 11.2. The Hall–Kier alpha value is -2.75. The summed E-state index contributed by atoms with van der Waals surface area (Å²) in [5.41, 5.74) is 3.43. The molecule has 33 heavy (non-hydrogen) atoms. The van der Waals surface area contributed by atoms with Gasteiger partial charge in [-0.05, 0) is 74.4 Å². The summed E-state index contributed by atoms with van der Waals surface area (Å²) in [5, 5.41) is 6.84. The van der Waals surface area contributed by atoms with Gasteiger partial charge >= 0.3 is 0 Å². The van der Waals surface area contributed by atoms with Gasteiger partial charge < -0.3 is 9.84 Å². The van der Waals surface area contributed by atoms with Crippen molar-refractivity contribution in [3.05, 3.63) is 63.9 Å². The summed E-state index contributed by atoms with van der Waals surface area (Å²) in [6.45, 7) is 1.77. The monoisotopic (exact) mass is 483 g/mol. The molecule has 9 heteroatoms. The standard InChI is InChI=1S/C24H25N3O4S2/c1-15-23(25-24(28)17-9-10-17)21(31-26-15)13-11-18-12-14-22(32-18)33(29,30)27-20-8-4-6-16-5-2-3-7-19(16)20/h2-3,5,7,11-14,17,20,27H,4,6,8-10H2,1H3,(H,25,28)/b13-11+/t20-/m0/s1. The van der Waals surface area contributed by atoms with Crippen LogP contribution in [0.15, 0.2) is 45.1 Å². The number of anilines is 1. The maximum absolute atomic E-state index is 13.0. The predicted octanol–water partition coefficient (Wildman–Crippen LogP) is 4.92. The number of thiophene rings is 1. The van der Waals surface area contributed by atoms with Gasteiger partial charge in [0.2, 0.25) is 5.91 Å². The van der Waals surface area contributed by atoms with E-state index in [4.69, 9.17) is 4.52 Å². The highest BCUT2D eigenvalue weighted by molar-refractivity contribution is 7.91. The fraction of sp³-hybridized carbons (Fsp3) is 0.333. The Morgan fingerprint density at radius 3 is 2.79 bits per heavy atom. The lowest BCUT2D eigenvalue weighted by Crippen LogP contribution is -2.30. The minimum absolute atomic E-state index is 0.0178. The first-order valence-electron chi connectivity index (χ1n) is 11.1. The van der Waals surface area contributed by atoms with Gasteiger partial charge in [-0.3, -0.25) is 4.79 Å². The van der Waals surface area contributed by atoms with Crippen LogP contribution >= 0.6 is 11.3 Å². The lowest BCUT2D eigenvalue weighted by atomic mass is 9.88. The number of rotatable bonds is 7. The number of hydrogen-bond donors (Lipinski definition) is 2. The number of hydrogen-bond acceptors (Lipinski definition) is 6. The highest BCUT2D eigenvalue weighted by Crippen LogP contribution is 2.34. The minimum atomic E-state index is -3.65. The number of aryl methyl sites for hydroxylation is 2. The van der Waals surface area contributed by atoms with Crippen LogP contribution in [0, 0.1) is 12.8 Å². The van der Waals surface area contributed by atoms with Crippen LogP contribution in [0.2, 0.25) is 0 Å². The van der Waals surface area contributed by atoms with Gasteiger partial charge in [0.05, 0.1) is 0 Å². The van der Waals surface area contributed by atoms with Crippen molar-refractivity contribution in [2.75, 3.05) is 5.32 Å². The second-order valence-corrected chi connectivity index (χ2v) is 11.6. The van der Waals surface area contributed by atoms with E-state index in [0.29, 0.717) is 17.1 Å². The molecule has 5 rings (SSSR count). The molecule has 2 aromatic heterocycles. The van der Waals surface area contributed by atoms with Crippen LogP contribution in [0.1, 0.15) is 59.2 Å². The lowest BCUT2D eigenvalue weighted by molar-refractivity contribution is -0.117. The number of nitrogens with one attached hydrogen (secondary N) is 2. The van der Waals surface area contributed by atoms with Crippen molar-refractivity contribution in [1.29, 1.82) is 0 Å². The van der Waals surface area contributed by atoms with Crippen molar-refractivity contribution in [1.82, 2.24) is 9.88 Å². The zero-order valence-electron chi connectivity index (χ0n) is 18.2. The number of sulfonamides is 1. The van der Waals surface area contributed by atoms with Gasteiger partial charge in [0.1, 0.15) is 15.6 Å². The fourth-order valence-corrected chi connectivity index (χ4v) is 6.57. The van der Waals surface area contributed by atoms with Crippen LogP contribution in [0.3, 0.4) is 0 Å². The molecule has 2 aliphatic rings. The molecule has 7 nitrogen and oxygen atoms in total. The average Bonchev–Trinajstić information content (AvgIpc) is 3.45. The maximum Gasteiger partial charge on any atom is 0.250 e. The number of amides is 1. The smallest absolute Gasteiger partial charge is 0.250 e. The summed E-state index contributed by atoms with van der Waals surface area (Å²) >= 11 is 1.18. The molecule has 0 unspecified atom stereocenters. The molecular weight excluding hydrogens is 458 g/mol. The molecule has 1 amide bonds. The first-order valence-corrected chi connectivity index (χ1v) is 13.4. The van der Waals surface area contributed by atoms with Gasteiger partial charge in [-0.15, -0.1) is 11.3 Å². The number of nitrogens with zero attached hydrogens (tertiary/aromatic N) is 1. The van der Waals surface area contributed by atoms with Crippen molar-refractivity contribution < 1.29 is 17.7 Å². The van der Waals surface area contributed by atoms with E-state index in [9.17, 15) is 13.2 Å². The van der Waals surface area contributed by atoms with Gasteiger partial charge in [-0.25, -0.2) is 13.1 Å². The van der Waals surface area contributed by atoms with Crippen molar-refractivity contribution in [3.8, 4) is 0 Å². The fourth-order valence-electron chi connectivity index (χ4n) is 4.07. The van der Waals surface area contributed by atoms with E-state index >= 15 is 0 Å². The summed E-state index contributed by atoms with van der Waals surface area (Å²) < 4.78 is 34.6. The van der Waals surface area contributed by atoms with Gasteiger partial charge in [0, 0.05) is 16.8 Å². The lowest BCUT2D eigenvalue weighted by Gasteiger charge is -2.25. The third-order valence-corrected chi connectivity index (χ3v) is 9.03. The van der Waals surface area contributed by atoms with Crippen LogP contribution < -0.4 is 10.0 Å². The molecular formula is C24H25N3O4S2. The third-order valence-electron chi connectivity index (χ3n) is 6.02. The average molecular weight is 484 g/mol. The van der Waals surface area contributed by atoms with E-state index in [0.717, 1.165) is 42.5 Å². The minimum Gasteiger partial charge on any atom is -0.354 e. The van der Waals surface area contributed by atoms with Gasteiger partial charge in [-0.2, -0.15) is 0 Å². The molecule has 0 saturated heterocycles. The number of carbonyl (C=O) groups is 1. The van der Waals surface area contributed by atoms with E-state index in [1.807, 2.05) is 18.2 Å². The quantitative estimate of drug-likeness (QED) is 0.497. The zero-order valence-corrected chi connectivity index (χ0v) is 19.8. The molecule has 1 fully saturated rings. The van der Waals surface area contributed by atoms with Gasteiger partial charge in [0.25, 0.3) is 10.0 Å². The van der Waals surface area contributed by atoms with Gasteiger partial charge in [0.15, 0.2) is 5.76 Å². The van der Waals surface area contributed by atoms with Crippen LogP contribution in [0.4, 0.5) is 5.69 Å². The van der Waals surface area contributed by atoms with E-state index in [2.05, 4.69) is 21.3 Å². The molecule has 172 valence electrons. The molecule has 2 N–H and O–H groups in total. The molecule has 0 bridgehead atoms. The van der Waals surface area contributed by atoms with Crippen LogP contribution in [0.5, 0.6) is 0 Å². The molecule has 1 aromatic carbocycles. The first-order chi connectivity index (χ1) is 15.9. The molecule has 0 radical (unpaired) electrons. The second-order valence-electron chi connectivity index (χ2n) is 8.53. The van der Waals surface area contributed by atoms with Crippen molar-refractivity contribution in [2.24, 2.45) is 5.92 Å². The third kappa shape index (κ3) is 4.80. The Morgan fingerprint density at radius 1 is 1.15 bits per heavy atom. The molecule has 1 atom stereocenters. The molecule has 3 aromatic rings. The Kier molecular flexibility index (Phi) is 5.94. The predicted molar refractivity (Wildman–Crippen MR) is 128 cm³/mol. The SMILES string of the molecule is Cc1noc(/C=C/c2ccc(S(=O)(=O)N[C@H]3CCCc4ccccc43)s2)c1NC(=O)C1CC1. The number of carbonyl (C=O) groups excluding carboxylic acids is 1. The van der Waals surface area contributed by atoms with E-state index in [1.165, 1.54) is 16.9 Å². The molecule has 2 aliphatic carbocycles. The second kappa shape index (κ2) is 8.89. The highest BCUT2D eigenvalue weighted by atomic mass is 32.2. The number of benzene rings is 1. The summed E-state index contributed by atoms with van der Waals surface area (Å²) in [4.78, 5) is 12.9. The largest absolute Gasteiger partial charge is 0.354 e. The molecule has 2 heterocycles. The van der Waals surface area contributed by atoms with Crippen molar-refractivity contribution in [2.45, 2.75) is 49.3 Å². The van der Waals surface area contributed by atoms with Gasteiger partial charge in [-0.1, -0.05) is 29.4 Å². The topological polar surface area (TPSA) is 101 Å². The molecule has 0 aliphatic heterocycles. The van der Waals surface area contributed by atoms with E-state index in [-0.39, 0.29) is 22.1 Å². The van der Waals surface area contributed by atoms with Crippen molar-refractivity contribution in [3.63, 3.8) is 0 Å². The van der Waals surface area contributed by atoms with Crippen LogP contribution in [-0.4, -0.2) is 19.5 Å². The number of aromatic nitrogens is 1. The maximum atomic E-state index is 13.0. The normalized spacial score (nSPS) is 18.4. The van der Waals surface area contributed by atoms with Crippen LogP contribution in [-0.2, 0) is 21.2 Å². The first kappa shape index (κ1) is 22.1. The Morgan fingerprint density at radius 2 is 1.97 bits per heavy atom. The summed E-state index contributed by atoms with van der Waals surface area (Å²) in [5.74, 6) is 0.497. The molecule has 0 spiro atoms. The van der Waals surface area contributed by atoms with Crippen LogP contribution in [0.25, 0.3) is 12.2 Å². The van der Waals surface area contributed by atoms with E-state index in [1.54, 1.807) is 31.2 Å².